The van der Waals surface area contributed by atoms with Crippen LogP contribution in [0.2, 0.25) is 0 Å². The summed E-state index contributed by atoms with van der Waals surface area (Å²) < 4.78 is 1.77. The predicted molar refractivity (Wildman–Crippen MR) is 194 cm³/mol. The average molecular weight is 735 g/mol. The van der Waals surface area contributed by atoms with E-state index in [1.807, 2.05) is 0 Å². The largest absolute Gasteiger partial charge is 1.00 e. The molecule has 0 aliphatic rings. The molecule has 45 heavy (non-hydrogen) atoms. The van der Waals surface area contributed by atoms with Crippen LogP contribution in [0.5, 0.6) is 0 Å². The zero-order valence-corrected chi connectivity index (χ0v) is 35.7. The fourth-order valence-electron chi connectivity index (χ4n) is 5.84. The second-order valence-electron chi connectivity index (χ2n) is 16.2. The number of unbranched alkanes of at least 4 members (excludes halogenated alkanes) is 3. The van der Waals surface area contributed by atoms with Crippen molar-refractivity contribution in [3.8, 4) is 0 Å². The first-order valence-corrected chi connectivity index (χ1v) is 18.5. The smallest absolute Gasteiger partial charge is 0.0635 e. The number of fused-ring (bicyclic) bond motifs is 1. The first-order valence-electron chi connectivity index (χ1n) is 17.3. The molecule has 3 aromatic rings. The predicted octanol–water partition coefficient (Wildman–Crippen LogP) is 7.46. The van der Waals surface area contributed by atoms with Gasteiger partial charge in [-0.2, -0.15) is 23.3 Å². The van der Waals surface area contributed by atoms with Crippen molar-refractivity contribution >= 4 is 14.0 Å². The Bertz CT molecular complexity index is 1200. The van der Waals surface area contributed by atoms with Crippen LogP contribution in [0.15, 0.2) is 48.5 Å². The summed E-state index contributed by atoms with van der Waals surface area (Å²) in [5, 5.41) is 2.79. The Morgan fingerprint density at radius 3 is 1.42 bits per heavy atom. The summed E-state index contributed by atoms with van der Waals surface area (Å²) in [6.07, 6.45) is 12.6. The van der Waals surface area contributed by atoms with Gasteiger partial charge in [-0.1, -0.05) is 91.7 Å². The van der Waals surface area contributed by atoms with Crippen molar-refractivity contribution in [3.63, 3.8) is 0 Å². The zero-order chi connectivity index (χ0) is 33.1. The van der Waals surface area contributed by atoms with Gasteiger partial charge in [-0.15, -0.1) is 40.6 Å². The minimum atomic E-state index is 0. The second-order valence-corrected chi connectivity index (χ2v) is 18.0. The van der Waals surface area contributed by atoms with Crippen LogP contribution in [0.3, 0.4) is 0 Å². The molecular weight excluding hydrogens is 667 g/mol. The Balaban J connectivity index is 0. The molecule has 3 rings (SSSR count). The van der Waals surface area contributed by atoms with E-state index in [0.717, 1.165) is 0 Å². The van der Waals surface area contributed by atoms with Gasteiger partial charge in [0.1, 0.15) is 0 Å². The number of hydrogen-bond donors (Lipinski definition) is 0. The maximum absolute atomic E-state index is 2.40. The number of aryl methyl sites for hydroxylation is 1. The van der Waals surface area contributed by atoms with E-state index >= 15 is 0 Å². The van der Waals surface area contributed by atoms with Crippen molar-refractivity contribution in [1.29, 1.82) is 0 Å². The standard InChI is InChI=1S/C17H23.C15H30.C10H15.2ClH.Zr/c1-16(2,3)13-8-9-14-12(11-13)7-10-15(14)17(4,5)6;1-5-9-12-15(8-4,13-10-6-2)14-11-7-3;1-8-5-6-9(7-8)10(2,3)4;;;/h7-11H,1-6H3;5-7,9-14H2,1-4H3;5-7H,1-4H3;2*1H;/q-1;;-1;;;+2/p-2. The number of hydrogen-bond acceptors (Lipinski definition) is 0. The Hall–Kier alpha value is -0.487. The van der Waals surface area contributed by atoms with Gasteiger partial charge >= 0.3 is 118 Å². The minimum absolute atomic E-state index is 0. The van der Waals surface area contributed by atoms with Crippen LogP contribution in [-0.4, -0.2) is 3.21 Å². The van der Waals surface area contributed by atoms with Crippen LogP contribution in [-0.2, 0) is 40.5 Å². The number of rotatable bonds is 10. The first-order chi connectivity index (χ1) is 19.8. The molecule has 0 spiro atoms. The van der Waals surface area contributed by atoms with E-state index in [9.17, 15) is 0 Å². The molecule has 0 nitrogen and oxygen atoms in total. The molecule has 0 amide bonds. The van der Waals surface area contributed by atoms with E-state index in [2.05, 4.69) is 145 Å². The van der Waals surface area contributed by atoms with Crippen molar-refractivity contribution in [2.24, 2.45) is 5.41 Å². The van der Waals surface area contributed by atoms with E-state index in [1.165, 1.54) is 90.8 Å². The average Bonchev–Trinajstić information content (AvgIpc) is 3.54. The zero-order valence-electron chi connectivity index (χ0n) is 31.7. The third-order valence-electron chi connectivity index (χ3n) is 9.04. The van der Waals surface area contributed by atoms with Gasteiger partial charge < -0.3 is 24.8 Å². The van der Waals surface area contributed by atoms with Crippen molar-refractivity contribution in [2.75, 3.05) is 0 Å². The van der Waals surface area contributed by atoms with Gasteiger partial charge in [-0.25, -0.2) is 6.07 Å². The fraction of sp³-hybridized carbons (Fsp3) is 0.643. The SMILES string of the molecule is CC(C)(C)c1ccc2c(C(C)(C)C)c[cH-]c2c1.CCCCC(CCCC)(CCCC)[C](C)=[Zr+2].Cc1cc(C(C)(C)C)c[cH-]1.[Cl-].[Cl-]. The molecule has 3 aromatic carbocycles. The van der Waals surface area contributed by atoms with E-state index in [0.29, 0.717) is 10.8 Å². The molecule has 0 N–H and O–H groups in total. The molecule has 0 fully saturated rings. The Kier molecular flexibility index (Phi) is 21.5. The van der Waals surface area contributed by atoms with Crippen LogP contribution < -0.4 is 24.8 Å². The maximum Gasteiger partial charge on any atom is -0.0635 e. The van der Waals surface area contributed by atoms with Gasteiger partial charge in [0.2, 0.25) is 0 Å². The summed E-state index contributed by atoms with van der Waals surface area (Å²) in [4.78, 5) is 0. The summed E-state index contributed by atoms with van der Waals surface area (Å²) in [5.41, 5.74) is 7.05. The molecule has 0 atom stereocenters. The third-order valence-corrected chi connectivity index (χ3v) is 10.3. The van der Waals surface area contributed by atoms with Gasteiger partial charge in [0.15, 0.2) is 0 Å². The van der Waals surface area contributed by atoms with E-state index in [-0.39, 0.29) is 35.6 Å². The molecule has 0 aliphatic heterocycles. The molecule has 0 saturated carbocycles. The molecule has 0 aromatic heterocycles. The van der Waals surface area contributed by atoms with E-state index in [1.54, 1.807) is 27.4 Å². The third kappa shape index (κ3) is 15.5. The Morgan fingerprint density at radius 1 is 0.644 bits per heavy atom. The van der Waals surface area contributed by atoms with Gasteiger partial charge in [0.25, 0.3) is 0 Å². The molecule has 0 unspecified atom stereocenters. The summed E-state index contributed by atoms with van der Waals surface area (Å²) in [7, 11) is 0. The van der Waals surface area contributed by atoms with Gasteiger partial charge in [-0.05, 0) is 5.41 Å². The minimum Gasteiger partial charge on any atom is -1.00 e. The maximum atomic E-state index is 2.40. The summed E-state index contributed by atoms with van der Waals surface area (Å²) in [6, 6.07) is 18.1. The van der Waals surface area contributed by atoms with E-state index < -0.39 is 0 Å². The summed E-state index contributed by atoms with van der Waals surface area (Å²) in [6.45, 7) is 31.8. The van der Waals surface area contributed by atoms with Gasteiger partial charge in [-0.3, -0.25) is 0 Å². The molecule has 0 radical (unpaired) electrons. The second kappa shape index (κ2) is 20.8. The molecular formula is C42H68Cl2Zr-2. The van der Waals surface area contributed by atoms with Crippen molar-refractivity contribution in [2.45, 2.75) is 171 Å². The van der Waals surface area contributed by atoms with Crippen LogP contribution in [0.25, 0.3) is 10.8 Å². The monoisotopic (exact) mass is 732 g/mol. The van der Waals surface area contributed by atoms with Crippen LogP contribution in [0, 0.1) is 12.3 Å². The van der Waals surface area contributed by atoms with Crippen LogP contribution in [0.1, 0.15) is 170 Å². The molecule has 0 bridgehead atoms. The molecule has 256 valence electrons. The number of halogens is 2. The quantitative estimate of drug-likeness (QED) is 0.190. The normalized spacial score (nSPS) is 11.9. The van der Waals surface area contributed by atoms with Gasteiger partial charge in [0.05, 0.1) is 0 Å². The fourth-order valence-corrected chi connectivity index (χ4v) is 6.76. The van der Waals surface area contributed by atoms with Crippen molar-refractivity contribution < 1.29 is 49.0 Å². The summed E-state index contributed by atoms with van der Waals surface area (Å²) >= 11 is 1.67. The van der Waals surface area contributed by atoms with Crippen molar-refractivity contribution in [1.82, 2.24) is 0 Å². The van der Waals surface area contributed by atoms with Crippen LogP contribution >= 0.6 is 0 Å². The molecule has 0 saturated heterocycles. The molecule has 3 heteroatoms. The molecule has 0 heterocycles. The molecule has 0 aliphatic carbocycles. The van der Waals surface area contributed by atoms with Crippen molar-refractivity contribution in [3.05, 3.63) is 70.8 Å². The van der Waals surface area contributed by atoms with Gasteiger partial charge in [0, 0.05) is 0 Å². The number of benzene rings is 1. The Labute approximate surface area is 308 Å². The summed E-state index contributed by atoms with van der Waals surface area (Å²) in [5.74, 6) is 0. The Morgan fingerprint density at radius 2 is 1.11 bits per heavy atom. The van der Waals surface area contributed by atoms with E-state index in [4.69, 9.17) is 0 Å². The topological polar surface area (TPSA) is 0 Å². The first kappa shape index (κ1) is 46.6. The van der Waals surface area contributed by atoms with Crippen LogP contribution in [0.4, 0.5) is 0 Å².